The zero-order chi connectivity index (χ0) is 16.4. The minimum atomic E-state index is -3.51. The van der Waals surface area contributed by atoms with Gasteiger partial charge in [-0.2, -0.15) is 0 Å². The molecule has 23 heavy (non-hydrogen) atoms. The Labute approximate surface area is 133 Å². The van der Waals surface area contributed by atoms with Crippen molar-refractivity contribution in [1.29, 1.82) is 0 Å². The van der Waals surface area contributed by atoms with Gasteiger partial charge in [0.05, 0.1) is 15.9 Å². The summed E-state index contributed by atoms with van der Waals surface area (Å²) >= 11 is 0. The van der Waals surface area contributed by atoms with Crippen LogP contribution in [0, 0.1) is 0 Å². The molecule has 0 saturated heterocycles. The van der Waals surface area contributed by atoms with Gasteiger partial charge in [0.15, 0.2) is 9.84 Å². The fourth-order valence-corrected chi connectivity index (χ4v) is 3.50. The number of para-hydroxylation sites is 2. The second-order valence-electron chi connectivity index (χ2n) is 5.17. The van der Waals surface area contributed by atoms with Crippen LogP contribution in [0.4, 0.5) is 5.69 Å². The average molecular weight is 329 g/mol. The number of fused-ring (bicyclic) bond motifs is 1. The van der Waals surface area contributed by atoms with E-state index in [2.05, 4.69) is 15.3 Å². The Balaban J connectivity index is 1.84. The van der Waals surface area contributed by atoms with Crippen molar-refractivity contribution in [1.82, 2.24) is 9.97 Å². The molecule has 1 heterocycles. The molecule has 0 atom stereocenters. The highest BCUT2D eigenvalue weighted by molar-refractivity contribution is 7.90. The van der Waals surface area contributed by atoms with Crippen LogP contribution in [-0.4, -0.2) is 24.3 Å². The lowest BCUT2D eigenvalue weighted by atomic mass is 10.3. The van der Waals surface area contributed by atoms with Gasteiger partial charge in [0.2, 0.25) is 5.91 Å². The highest BCUT2D eigenvalue weighted by Gasteiger charge is 2.17. The molecule has 0 aliphatic heterocycles. The number of rotatable bonds is 4. The zero-order valence-electron chi connectivity index (χ0n) is 12.4. The molecule has 0 spiro atoms. The normalized spacial score (nSPS) is 11.5. The number of amides is 1. The summed E-state index contributed by atoms with van der Waals surface area (Å²) in [4.78, 5) is 18.5. The first kappa shape index (κ1) is 15.2. The van der Waals surface area contributed by atoms with E-state index in [1.54, 1.807) is 12.1 Å². The van der Waals surface area contributed by atoms with Crippen molar-refractivity contribution < 1.29 is 13.2 Å². The molecule has 0 saturated carbocycles. The molecular formula is C16H15N3O3S. The molecule has 7 heteroatoms. The number of anilines is 1. The van der Waals surface area contributed by atoms with Crippen molar-refractivity contribution in [3.8, 4) is 0 Å². The van der Waals surface area contributed by atoms with E-state index in [9.17, 15) is 13.2 Å². The van der Waals surface area contributed by atoms with Crippen molar-refractivity contribution in [3.05, 3.63) is 54.4 Å². The first-order valence-corrected chi connectivity index (χ1v) is 8.63. The predicted molar refractivity (Wildman–Crippen MR) is 87.7 cm³/mol. The summed E-state index contributed by atoms with van der Waals surface area (Å²) < 4.78 is 24.9. The number of carbonyl (C=O) groups excluding carboxylic acids is 1. The number of H-pyrrole nitrogens is 1. The van der Waals surface area contributed by atoms with Gasteiger partial charge in [-0.1, -0.05) is 12.1 Å². The SMILES string of the molecule is CC(=O)Nc1ccc(S(=O)(=O)Cc2nc3ccccc3[nH]2)cc1. The maximum Gasteiger partial charge on any atom is 0.221 e. The molecule has 118 valence electrons. The second kappa shape index (κ2) is 5.85. The van der Waals surface area contributed by atoms with E-state index in [4.69, 9.17) is 0 Å². The number of nitrogens with one attached hydrogen (secondary N) is 2. The minimum absolute atomic E-state index is 0.187. The standard InChI is InChI=1S/C16H15N3O3S/c1-11(20)17-12-6-8-13(9-7-12)23(21,22)10-16-18-14-4-2-3-5-15(14)19-16/h2-9H,10H2,1H3,(H,17,20)(H,18,19). The van der Waals surface area contributed by atoms with E-state index >= 15 is 0 Å². The predicted octanol–water partition coefficient (Wildman–Crippen LogP) is 2.50. The van der Waals surface area contributed by atoms with E-state index in [-0.39, 0.29) is 16.6 Å². The second-order valence-corrected chi connectivity index (χ2v) is 7.15. The molecule has 0 aliphatic rings. The summed E-state index contributed by atoms with van der Waals surface area (Å²) in [6, 6.07) is 13.5. The lowest BCUT2D eigenvalue weighted by molar-refractivity contribution is -0.114. The molecule has 2 N–H and O–H groups in total. The van der Waals surface area contributed by atoms with Gasteiger partial charge in [0, 0.05) is 12.6 Å². The first-order chi connectivity index (χ1) is 10.9. The van der Waals surface area contributed by atoms with Crippen molar-refractivity contribution in [3.63, 3.8) is 0 Å². The monoisotopic (exact) mass is 329 g/mol. The molecule has 3 rings (SSSR count). The van der Waals surface area contributed by atoms with Crippen LogP contribution in [0.5, 0.6) is 0 Å². The Morgan fingerprint density at radius 2 is 1.83 bits per heavy atom. The van der Waals surface area contributed by atoms with E-state index in [1.807, 2.05) is 24.3 Å². The topological polar surface area (TPSA) is 91.9 Å². The van der Waals surface area contributed by atoms with Crippen LogP contribution in [-0.2, 0) is 20.4 Å². The largest absolute Gasteiger partial charge is 0.341 e. The number of hydrogen-bond acceptors (Lipinski definition) is 4. The van der Waals surface area contributed by atoms with Gasteiger partial charge in [0.1, 0.15) is 11.6 Å². The van der Waals surface area contributed by atoms with E-state index in [0.717, 1.165) is 11.0 Å². The van der Waals surface area contributed by atoms with Crippen LogP contribution < -0.4 is 5.32 Å². The minimum Gasteiger partial charge on any atom is -0.341 e. The highest BCUT2D eigenvalue weighted by Crippen LogP contribution is 2.19. The third kappa shape index (κ3) is 3.40. The molecule has 0 radical (unpaired) electrons. The molecule has 3 aromatic rings. The van der Waals surface area contributed by atoms with Crippen LogP contribution in [0.3, 0.4) is 0 Å². The summed E-state index contributed by atoms with van der Waals surface area (Å²) in [7, 11) is -3.51. The van der Waals surface area contributed by atoms with Gasteiger partial charge in [-0.15, -0.1) is 0 Å². The number of hydrogen-bond donors (Lipinski definition) is 2. The maximum atomic E-state index is 12.5. The first-order valence-electron chi connectivity index (χ1n) is 6.98. The quantitative estimate of drug-likeness (QED) is 0.769. The Kier molecular flexibility index (Phi) is 3.87. The Bertz CT molecular complexity index is 927. The molecule has 0 aliphatic carbocycles. The number of carbonyl (C=O) groups is 1. The molecule has 1 aromatic heterocycles. The zero-order valence-corrected chi connectivity index (χ0v) is 13.2. The number of aromatic nitrogens is 2. The van der Waals surface area contributed by atoms with Crippen LogP contribution in [0.25, 0.3) is 11.0 Å². The average Bonchev–Trinajstić information content (AvgIpc) is 2.88. The number of aromatic amines is 1. The fraction of sp³-hybridized carbons (Fsp3) is 0.125. The van der Waals surface area contributed by atoms with Crippen LogP contribution >= 0.6 is 0 Å². The number of imidazole rings is 1. The van der Waals surface area contributed by atoms with Crippen molar-refractivity contribution in [2.75, 3.05) is 5.32 Å². The molecule has 1 amide bonds. The van der Waals surface area contributed by atoms with Crippen LogP contribution in [0.15, 0.2) is 53.4 Å². The summed E-state index contributed by atoms with van der Waals surface area (Å²) in [6.07, 6.45) is 0. The molecule has 2 aromatic carbocycles. The number of nitrogens with zero attached hydrogens (tertiary/aromatic N) is 1. The lowest BCUT2D eigenvalue weighted by Gasteiger charge is -2.05. The molecule has 0 bridgehead atoms. The van der Waals surface area contributed by atoms with E-state index in [1.165, 1.54) is 19.1 Å². The van der Waals surface area contributed by atoms with Crippen molar-refractivity contribution >= 4 is 32.5 Å². The molecule has 0 fully saturated rings. The maximum absolute atomic E-state index is 12.5. The molecular weight excluding hydrogens is 314 g/mol. The van der Waals surface area contributed by atoms with Gasteiger partial charge >= 0.3 is 0 Å². The number of sulfone groups is 1. The third-order valence-electron chi connectivity index (χ3n) is 3.30. The van der Waals surface area contributed by atoms with Gasteiger partial charge in [0.25, 0.3) is 0 Å². The summed E-state index contributed by atoms with van der Waals surface area (Å²) in [6.45, 7) is 1.40. The third-order valence-corrected chi connectivity index (χ3v) is 4.94. The van der Waals surface area contributed by atoms with Crippen molar-refractivity contribution in [2.24, 2.45) is 0 Å². The van der Waals surface area contributed by atoms with E-state index in [0.29, 0.717) is 11.5 Å². The lowest BCUT2D eigenvalue weighted by Crippen LogP contribution is -2.08. The number of benzene rings is 2. The van der Waals surface area contributed by atoms with Crippen molar-refractivity contribution in [2.45, 2.75) is 17.6 Å². The molecule has 0 unspecified atom stereocenters. The Hall–Kier alpha value is -2.67. The summed E-state index contributed by atoms with van der Waals surface area (Å²) in [5.74, 6) is -0.0127. The Morgan fingerprint density at radius 1 is 1.13 bits per heavy atom. The molecule has 6 nitrogen and oxygen atoms in total. The summed E-state index contributed by atoms with van der Waals surface area (Å²) in [5, 5.41) is 2.60. The smallest absolute Gasteiger partial charge is 0.221 e. The highest BCUT2D eigenvalue weighted by atomic mass is 32.2. The van der Waals surface area contributed by atoms with E-state index < -0.39 is 9.84 Å². The van der Waals surface area contributed by atoms with Gasteiger partial charge < -0.3 is 10.3 Å². The fourth-order valence-electron chi connectivity index (χ4n) is 2.29. The Morgan fingerprint density at radius 3 is 2.48 bits per heavy atom. The van der Waals surface area contributed by atoms with Gasteiger partial charge in [-0.3, -0.25) is 4.79 Å². The summed E-state index contributed by atoms with van der Waals surface area (Å²) in [5.41, 5.74) is 2.09. The van der Waals surface area contributed by atoms with Crippen LogP contribution in [0.2, 0.25) is 0 Å². The van der Waals surface area contributed by atoms with Gasteiger partial charge in [-0.05, 0) is 36.4 Å². The van der Waals surface area contributed by atoms with Crippen LogP contribution in [0.1, 0.15) is 12.7 Å². The van der Waals surface area contributed by atoms with Gasteiger partial charge in [-0.25, -0.2) is 13.4 Å².